The SMILES string of the molecule is c1ccc(-c2cc3ccsc3cc2N(c2cc3c4c(c2)Oc2ccccc2B4c2ccccc2O3)c2cccc3c2oc2ccccc23)cc1. The van der Waals surface area contributed by atoms with Gasteiger partial charge in [0.15, 0.2) is 5.58 Å². The Balaban J connectivity index is 1.23. The Kier molecular flexibility index (Phi) is 5.89. The summed E-state index contributed by atoms with van der Waals surface area (Å²) in [5, 5.41) is 5.52. The van der Waals surface area contributed by atoms with Crippen molar-refractivity contribution in [3.63, 3.8) is 0 Å². The van der Waals surface area contributed by atoms with Gasteiger partial charge in [-0.05, 0) is 69.7 Å². The molecule has 0 bridgehead atoms. The average Bonchev–Trinajstić information content (AvgIpc) is 3.79. The van der Waals surface area contributed by atoms with Crippen LogP contribution in [0.2, 0.25) is 0 Å². The first-order chi connectivity index (χ1) is 24.8. The third-order valence-corrected chi connectivity index (χ3v) is 10.9. The number of anilines is 3. The van der Waals surface area contributed by atoms with Crippen LogP contribution in [0.4, 0.5) is 17.1 Å². The summed E-state index contributed by atoms with van der Waals surface area (Å²) in [7, 11) is 0. The van der Waals surface area contributed by atoms with Crippen molar-refractivity contribution < 1.29 is 13.9 Å². The number of hydrogen-bond donors (Lipinski definition) is 0. The maximum atomic E-state index is 6.78. The maximum absolute atomic E-state index is 6.78. The predicted octanol–water partition coefficient (Wildman–Crippen LogP) is 10.7. The van der Waals surface area contributed by atoms with Gasteiger partial charge in [0.2, 0.25) is 0 Å². The largest absolute Gasteiger partial charge is 0.458 e. The van der Waals surface area contributed by atoms with Gasteiger partial charge in [0.05, 0.1) is 17.1 Å². The van der Waals surface area contributed by atoms with Gasteiger partial charge in [0.1, 0.15) is 28.6 Å². The van der Waals surface area contributed by atoms with Crippen molar-refractivity contribution in [3.8, 4) is 34.1 Å². The van der Waals surface area contributed by atoms with Crippen LogP contribution >= 0.6 is 11.3 Å². The second kappa shape index (κ2) is 10.6. The summed E-state index contributed by atoms with van der Waals surface area (Å²) in [4.78, 5) is 2.33. The fourth-order valence-corrected chi connectivity index (χ4v) is 8.66. The van der Waals surface area contributed by atoms with Gasteiger partial charge >= 0.3 is 0 Å². The lowest BCUT2D eigenvalue weighted by atomic mass is 9.35. The van der Waals surface area contributed by atoms with Gasteiger partial charge in [0.25, 0.3) is 6.71 Å². The lowest BCUT2D eigenvalue weighted by Crippen LogP contribution is -2.57. The minimum absolute atomic E-state index is 0.00134. The minimum atomic E-state index is -0.00134. The molecule has 0 N–H and O–H groups in total. The molecule has 234 valence electrons. The monoisotopic (exact) mass is 659 g/mol. The normalized spacial score (nSPS) is 12.7. The highest BCUT2D eigenvalue weighted by molar-refractivity contribution is 7.17. The number of ether oxygens (including phenoxy) is 2. The average molecular weight is 660 g/mol. The van der Waals surface area contributed by atoms with Gasteiger partial charge < -0.3 is 18.8 Å². The fourth-order valence-electron chi connectivity index (χ4n) is 7.86. The first-order valence-corrected chi connectivity index (χ1v) is 17.6. The first-order valence-electron chi connectivity index (χ1n) is 16.8. The van der Waals surface area contributed by atoms with E-state index in [1.165, 1.54) is 10.1 Å². The molecule has 4 heterocycles. The van der Waals surface area contributed by atoms with E-state index < -0.39 is 0 Å². The molecule has 2 aromatic heterocycles. The molecule has 0 aliphatic carbocycles. The van der Waals surface area contributed by atoms with Gasteiger partial charge in [-0.1, -0.05) is 97.1 Å². The quantitative estimate of drug-likeness (QED) is 0.176. The Labute approximate surface area is 292 Å². The highest BCUT2D eigenvalue weighted by Crippen LogP contribution is 2.49. The fraction of sp³-hybridized carbons (Fsp3) is 0. The van der Waals surface area contributed by atoms with Crippen molar-refractivity contribution in [2.24, 2.45) is 0 Å². The lowest BCUT2D eigenvalue weighted by Gasteiger charge is -2.35. The van der Waals surface area contributed by atoms with E-state index in [9.17, 15) is 0 Å². The number of para-hydroxylation sites is 4. The van der Waals surface area contributed by atoms with Crippen LogP contribution in [0, 0.1) is 0 Å². The van der Waals surface area contributed by atoms with Crippen molar-refractivity contribution in [2.75, 3.05) is 4.90 Å². The van der Waals surface area contributed by atoms with Gasteiger partial charge in [-0.15, -0.1) is 11.3 Å². The summed E-state index contributed by atoms with van der Waals surface area (Å²) in [6.07, 6.45) is 0. The van der Waals surface area contributed by atoms with Gasteiger partial charge in [-0.3, -0.25) is 0 Å². The van der Waals surface area contributed by atoms with Crippen LogP contribution in [0.15, 0.2) is 161 Å². The summed E-state index contributed by atoms with van der Waals surface area (Å²) in [6, 6.07) is 53.2. The van der Waals surface area contributed by atoms with Crippen LogP contribution in [-0.2, 0) is 0 Å². The number of nitrogens with zero attached hydrogens (tertiary/aromatic N) is 1. The molecular weight excluding hydrogens is 633 g/mol. The molecule has 0 amide bonds. The van der Waals surface area contributed by atoms with Crippen LogP contribution in [-0.4, -0.2) is 6.71 Å². The summed E-state index contributed by atoms with van der Waals surface area (Å²) >= 11 is 1.75. The molecule has 2 aliphatic heterocycles. The molecule has 9 aromatic rings. The zero-order valence-electron chi connectivity index (χ0n) is 26.7. The van der Waals surface area contributed by atoms with E-state index in [-0.39, 0.29) is 6.71 Å². The second-order valence-corrected chi connectivity index (χ2v) is 13.8. The third kappa shape index (κ3) is 4.06. The molecular formula is C44H26BNO3S. The molecule has 0 fully saturated rings. The molecule has 50 heavy (non-hydrogen) atoms. The molecule has 0 saturated heterocycles. The Bertz CT molecular complexity index is 2730. The lowest BCUT2D eigenvalue weighted by molar-refractivity contribution is 0.465. The molecule has 0 spiro atoms. The van der Waals surface area contributed by atoms with E-state index in [2.05, 4.69) is 138 Å². The van der Waals surface area contributed by atoms with E-state index in [0.717, 1.165) is 89.5 Å². The standard InChI is InChI=1S/C44H26BNO3S/c1-2-11-27(12-3-1)32-23-28-21-22-50-42(28)26-36(32)46(35-17-10-14-31-30-13-4-7-18-37(30)49-44(31)35)29-24-40-43-41(25-29)48-39-20-9-6-16-34(39)45(43)33-15-5-8-19-38(33)47-40/h1-26H. The first kappa shape index (κ1) is 27.7. The van der Waals surface area contributed by atoms with Gasteiger partial charge in [-0.2, -0.15) is 0 Å². The van der Waals surface area contributed by atoms with Gasteiger partial charge in [-0.25, -0.2) is 0 Å². The summed E-state index contributed by atoms with van der Waals surface area (Å²) < 4.78 is 21.5. The topological polar surface area (TPSA) is 34.8 Å². The van der Waals surface area contributed by atoms with Crippen LogP contribution in [0.5, 0.6) is 23.0 Å². The molecule has 0 saturated carbocycles. The molecule has 0 atom stereocenters. The third-order valence-electron chi connectivity index (χ3n) is 10.1. The zero-order chi connectivity index (χ0) is 32.8. The van der Waals surface area contributed by atoms with Crippen molar-refractivity contribution in [2.45, 2.75) is 0 Å². The smallest absolute Gasteiger partial charge is 0.260 e. The Morgan fingerprint density at radius 1 is 0.540 bits per heavy atom. The molecule has 6 heteroatoms. The van der Waals surface area contributed by atoms with E-state index in [0.29, 0.717) is 0 Å². The molecule has 0 radical (unpaired) electrons. The summed E-state index contributed by atoms with van der Waals surface area (Å²) in [5.74, 6) is 3.30. The van der Waals surface area contributed by atoms with Crippen molar-refractivity contribution in [3.05, 3.63) is 157 Å². The number of furan rings is 1. The maximum Gasteiger partial charge on any atom is 0.260 e. The number of hydrogen-bond acceptors (Lipinski definition) is 5. The predicted molar refractivity (Wildman–Crippen MR) is 207 cm³/mol. The summed E-state index contributed by atoms with van der Waals surface area (Å²) in [5.41, 5.74) is 10.1. The van der Waals surface area contributed by atoms with Crippen molar-refractivity contribution >= 4 is 83.5 Å². The zero-order valence-corrected chi connectivity index (χ0v) is 27.5. The second-order valence-electron chi connectivity index (χ2n) is 12.8. The molecule has 7 aromatic carbocycles. The molecule has 2 aliphatic rings. The van der Waals surface area contributed by atoms with E-state index >= 15 is 0 Å². The van der Waals surface area contributed by atoms with Crippen LogP contribution < -0.4 is 30.8 Å². The van der Waals surface area contributed by atoms with E-state index in [1.54, 1.807) is 11.3 Å². The Hall–Kier alpha value is -6.24. The number of rotatable bonds is 4. The van der Waals surface area contributed by atoms with E-state index in [4.69, 9.17) is 13.9 Å². The molecule has 4 nitrogen and oxygen atoms in total. The van der Waals surface area contributed by atoms with Crippen LogP contribution in [0.1, 0.15) is 0 Å². The molecule has 11 rings (SSSR count). The van der Waals surface area contributed by atoms with Crippen molar-refractivity contribution in [1.82, 2.24) is 0 Å². The minimum Gasteiger partial charge on any atom is -0.458 e. The van der Waals surface area contributed by atoms with Crippen LogP contribution in [0.3, 0.4) is 0 Å². The Morgan fingerprint density at radius 3 is 2.00 bits per heavy atom. The highest BCUT2D eigenvalue weighted by atomic mass is 32.1. The Morgan fingerprint density at radius 2 is 1.22 bits per heavy atom. The van der Waals surface area contributed by atoms with E-state index in [1.807, 2.05) is 24.3 Å². The number of thiophene rings is 1. The molecule has 0 unspecified atom stereocenters. The van der Waals surface area contributed by atoms with Crippen molar-refractivity contribution in [1.29, 1.82) is 0 Å². The van der Waals surface area contributed by atoms with Gasteiger partial charge in [0, 0.05) is 38.6 Å². The van der Waals surface area contributed by atoms with Crippen LogP contribution in [0.25, 0.3) is 43.2 Å². The highest BCUT2D eigenvalue weighted by Gasteiger charge is 2.40. The summed E-state index contributed by atoms with van der Waals surface area (Å²) in [6.45, 7) is -0.00134. The number of benzene rings is 7. The number of fused-ring (bicyclic) bond motifs is 8.